The predicted molar refractivity (Wildman–Crippen MR) is 145 cm³/mol. The van der Waals surface area contributed by atoms with E-state index < -0.39 is 12.7 Å². The van der Waals surface area contributed by atoms with Gasteiger partial charge in [0.2, 0.25) is 0 Å². The molecule has 0 heterocycles. The molecule has 0 fully saturated rings. The van der Waals surface area contributed by atoms with Crippen LogP contribution in [0.3, 0.4) is 0 Å². The highest BCUT2D eigenvalue weighted by atomic mass is 127. The molecule has 4 aromatic carbocycles. The molecule has 0 saturated heterocycles. The Labute approximate surface area is 235 Å². The zero-order valence-electron chi connectivity index (χ0n) is 18.6. The Morgan fingerprint density at radius 3 is 1.16 bits per heavy atom. The number of hydrogen-bond acceptors (Lipinski definition) is 2. The lowest BCUT2D eigenvalue weighted by molar-refractivity contribution is -0.275. The maximum atomic E-state index is 12.4. The molecule has 0 amide bonds. The highest BCUT2D eigenvalue weighted by Crippen LogP contribution is 2.33. The molecule has 0 aliphatic carbocycles. The average molecular weight is 740 g/mol. The van der Waals surface area contributed by atoms with E-state index in [1.54, 1.807) is 12.1 Å². The Hall–Kier alpha value is -2.48. The second-order valence-corrected chi connectivity index (χ2v) is 10.3. The summed E-state index contributed by atoms with van der Waals surface area (Å²) < 4.78 is 83.9. The van der Waals surface area contributed by atoms with Crippen molar-refractivity contribution in [1.29, 1.82) is 0 Å². The van der Waals surface area contributed by atoms with Crippen molar-refractivity contribution < 1.29 is 35.8 Å². The van der Waals surface area contributed by atoms with Crippen LogP contribution in [0, 0.1) is 7.14 Å². The number of hydrogen-bond donors (Lipinski definition) is 0. The molecule has 0 atom stereocenters. The van der Waals surface area contributed by atoms with Gasteiger partial charge in [0.25, 0.3) is 0 Å². The second kappa shape index (κ2) is 11.1. The Morgan fingerprint density at radius 2 is 0.865 bits per heavy atom. The molecule has 0 aromatic heterocycles. The van der Waals surface area contributed by atoms with Crippen LogP contribution in [0.5, 0.6) is 11.5 Å². The second-order valence-electron chi connectivity index (χ2n) is 7.95. The van der Waals surface area contributed by atoms with Gasteiger partial charge in [-0.1, -0.05) is 48.5 Å². The quantitative estimate of drug-likeness (QED) is 0.145. The summed E-state index contributed by atoms with van der Waals surface area (Å²) in [5, 5.41) is 0. The molecular formula is C27H16F6I2O2. The van der Waals surface area contributed by atoms with Crippen molar-refractivity contribution >= 4 is 45.2 Å². The van der Waals surface area contributed by atoms with E-state index >= 15 is 0 Å². The van der Waals surface area contributed by atoms with E-state index in [1.807, 2.05) is 93.7 Å². The fourth-order valence-electron chi connectivity index (χ4n) is 3.69. The minimum Gasteiger partial charge on any atom is -0.406 e. The summed E-state index contributed by atoms with van der Waals surface area (Å²) in [6.45, 7) is 0. The van der Waals surface area contributed by atoms with Gasteiger partial charge >= 0.3 is 12.7 Å². The lowest BCUT2D eigenvalue weighted by Crippen LogP contribution is -2.17. The number of ether oxygens (including phenoxy) is 2. The highest BCUT2D eigenvalue weighted by Gasteiger charge is 2.32. The maximum Gasteiger partial charge on any atom is 0.573 e. The number of halogens is 8. The molecule has 37 heavy (non-hydrogen) atoms. The van der Waals surface area contributed by atoms with Crippen molar-refractivity contribution in [3.63, 3.8) is 0 Å². The number of rotatable bonds is 6. The monoisotopic (exact) mass is 740 g/mol. The van der Waals surface area contributed by atoms with E-state index in [0.29, 0.717) is 13.6 Å². The van der Waals surface area contributed by atoms with Crippen LogP contribution < -0.4 is 9.47 Å². The summed E-state index contributed by atoms with van der Waals surface area (Å²) in [7, 11) is 0. The van der Waals surface area contributed by atoms with Gasteiger partial charge in [0.1, 0.15) is 11.5 Å². The van der Waals surface area contributed by atoms with E-state index in [0.717, 1.165) is 33.4 Å². The smallest absolute Gasteiger partial charge is 0.406 e. The fraction of sp³-hybridized carbons (Fsp3) is 0.111. The molecule has 0 saturated carbocycles. The lowest BCUT2D eigenvalue weighted by Gasteiger charge is -2.12. The van der Waals surface area contributed by atoms with Crippen LogP contribution in [0.4, 0.5) is 26.3 Å². The Bertz CT molecular complexity index is 1280. The predicted octanol–water partition coefficient (Wildman–Crippen LogP) is 9.62. The van der Waals surface area contributed by atoms with E-state index in [9.17, 15) is 26.3 Å². The first kappa shape index (κ1) is 27.6. The van der Waals surface area contributed by atoms with Gasteiger partial charge in [-0.25, -0.2) is 0 Å². The van der Waals surface area contributed by atoms with Gasteiger partial charge in [-0.3, -0.25) is 0 Å². The lowest BCUT2D eigenvalue weighted by atomic mass is 9.98. The maximum absolute atomic E-state index is 12.4. The molecule has 0 aliphatic rings. The molecule has 0 spiro atoms. The third-order valence-electron chi connectivity index (χ3n) is 5.29. The number of alkyl halides is 6. The molecule has 0 unspecified atom stereocenters. The first-order valence-electron chi connectivity index (χ1n) is 10.7. The zero-order valence-corrected chi connectivity index (χ0v) is 22.9. The van der Waals surface area contributed by atoms with Crippen molar-refractivity contribution in [3.05, 3.63) is 103 Å². The van der Waals surface area contributed by atoms with E-state index in [2.05, 4.69) is 9.47 Å². The van der Waals surface area contributed by atoms with Gasteiger partial charge in [-0.05, 0) is 121 Å². The highest BCUT2D eigenvalue weighted by molar-refractivity contribution is 14.1. The molecular weight excluding hydrogens is 724 g/mol. The Morgan fingerprint density at radius 1 is 0.514 bits per heavy atom. The SMILES string of the molecule is FC(F)(F)Oc1ccc(-c2ccc(Cc3ccc(-c4ccc(OC(F)(F)F)cc4I)cc3)cc2)c(I)c1. The summed E-state index contributed by atoms with van der Waals surface area (Å²) in [5.74, 6) is -0.526. The van der Waals surface area contributed by atoms with E-state index in [4.69, 9.17) is 0 Å². The molecule has 0 aliphatic heterocycles. The van der Waals surface area contributed by atoms with Crippen molar-refractivity contribution in [2.75, 3.05) is 0 Å². The van der Waals surface area contributed by atoms with Gasteiger partial charge in [-0.15, -0.1) is 26.3 Å². The summed E-state index contributed by atoms with van der Waals surface area (Å²) in [6.07, 6.45) is -8.82. The van der Waals surface area contributed by atoms with Gasteiger partial charge in [0.05, 0.1) is 0 Å². The van der Waals surface area contributed by atoms with Crippen LogP contribution in [0.25, 0.3) is 22.3 Å². The molecule has 0 bridgehead atoms. The van der Waals surface area contributed by atoms with Crippen molar-refractivity contribution in [1.82, 2.24) is 0 Å². The largest absolute Gasteiger partial charge is 0.573 e. The van der Waals surface area contributed by atoms with Crippen LogP contribution in [0.15, 0.2) is 84.9 Å². The van der Waals surface area contributed by atoms with Crippen LogP contribution in [-0.4, -0.2) is 12.7 Å². The van der Waals surface area contributed by atoms with Crippen molar-refractivity contribution in [2.24, 2.45) is 0 Å². The van der Waals surface area contributed by atoms with Gasteiger partial charge in [0.15, 0.2) is 0 Å². The molecule has 10 heteroatoms. The third kappa shape index (κ3) is 7.76. The van der Waals surface area contributed by atoms with E-state index in [-0.39, 0.29) is 11.5 Å². The van der Waals surface area contributed by atoms with Crippen LogP contribution >= 0.6 is 45.2 Å². The molecule has 4 aromatic rings. The third-order valence-corrected chi connectivity index (χ3v) is 7.07. The zero-order chi connectivity index (χ0) is 26.8. The summed E-state index contributed by atoms with van der Waals surface area (Å²) in [6, 6.07) is 24.0. The van der Waals surface area contributed by atoms with Crippen molar-refractivity contribution in [3.8, 4) is 33.8 Å². The van der Waals surface area contributed by atoms with Crippen molar-refractivity contribution in [2.45, 2.75) is 19.1 Å². The normalized spacial score (nSPS) is 11.9. The summed E-state index contributed by atoms with van der Waals surface area (Å²) in [4.78, 5) is 0. The van der Waals surface area contributed by atoms with Gasteiger partial charge in [-0.2, -0.15) is 0 Å². The molecule has 2 nitrogen and oxygen atoms in total. The Kier molecular flexibility index (Phi) is 8.26. The summed E-state index contributed by atoms with van der Waals surface area (Å²) >= 11 is 3.96. The minimum absolute atomic E-state index is 0.263. The minimum atomic E-state index is -4.74. The fourth-order valence-corrected chi connectivity index (χ4v) is 5.29. The summed E-state index contributed by atoms with van der Waals surface area (Å²) in [5.41, 5.74) is 5.43. The molecule has 0 radical (unpaired) electrons. The van der Waals surface area contributed by atoms with Crippen LogP contribution in [-0.2, 0) is 6.42 Å². The van der Waals surface area contributed by atoms with Crippen LogP contribution in [0.1, 0.15) is 11.1 Å². The molecule has 4 rings (SSSR count). The molecule has 0 N–H and O–H groups in total. The molecule has 192 valence electrons. The van der Waals surface area contributed by atoms with Gasteiger partial charge in [0, 0.05) is 7.14 Å². The topological polar surface area (TPSA) is 18.5 Å². The van der Waals surface area contributed by atoms with Crippen LogP contribution in [0.2, 0.25) is 0 Å². The Balaban J connectivity index is 1.44. The number of benzene rings is 4. The first-order valence-corrected chi connectivity index (χ1v) is 12.8. The van der Waals surface area contributed by atoms with Gasteiger partial charge < -0.3 is 9.47 Å². The van der Waals surface area contributed by atoms with E-state index in [1.165, 1.54) is 24.3 Å². The first-order chi connectivity index (χ1) is 17.4. The standard InChI is InChI=1S/C27H16F6I2O2/c28-26(29,30)36-20-9-11-22(24(34)14-20)18-5-1-16(2-6-18)13-17-3-7-19(8-4-17)23-12-10-21(15-25(23)35)37-27(31,32)33/h1-12,14-15H,13H2. The average Bonchev–Trinajstić information content (AvgIpc) is 2.79.